The lowest BCUT2D eigenvalue weighted by Crippen LogP contribution is -2.34. The van der Waals surface area contributed by atoms with E-state index in [1.165, 1.54) is 23.3 Å². The Bertz CT molecular complexity index is 1530. The van der Waals surface area contributed by atoms with Crippen molar-refractivity contribution in [1.29, 1.82) is 0 Å². The second-order valence-corrected chi connectivity index (χ2v) is 10.2. The van der Waals surface area contributed by atoms with Crippen molar-refractivity contribution in [2.24, 2.45) is 0 Å². The van der Waals surface area contributed by atoms with E-state index in [1.54, 1.807) is 18.3 Å². The fraction of sp³-hybridized carbons (Fsp3) is 0.200. The summed E-state index contributed by atoms with van der Waals surface area (Å²) in [5, 5.41) is 3.48. The summed E-state index contributed by atoms with van der Waals surface area (Å²) in [5.74, 6) is 0.583. The summed E-state index contributed by atoms with van der Waals surface area (Å²) in [7, 11) is 0. The van der Waals surface area contributed by atoms with Crippen molar-refractivity contribution in [3.63, 3.8) is 0 Å². The number of hydrogen-bond donors (Lipinski definition) is 1. The second-order valence-electron chi connectivity index (χ2n) is 9.75. The van der Waals surface area contributed by atoms with Crippen LogP contribution in [0.5, 0.6) is 0 Å². The number of carbonyl (C=O) groups is 1. The van der Waals surface area contributed by atoms with Crippen LogP contribution >= 0.6 is 11.6 Å². The van der Waals surface area contributed by atoms with Gasteiger partial charge in [0.15, 0.2) is 0 Å². The molecule has 198 valence electrons. The molecule has 3 aromatic carbocycles. The molecule has 1 amide bonds. The van der Waals surface area contributed by atoms with E-state index in [0.29, 0.717) is 43.2 Å². The molecule has 1 N–H and O–H groups in total. The molecule has 0 saturated heterocycles. The maximum atomic E-state index is 13.7. The van der Waals surface area contributed by atoms with Gasteiger partial charge < -0.3 is 15.1 Å². The average Bonchev–Trinajstić information content (AvgIpc) is 3.37. The Morgan fingerprint density at radius 2 is 1.67 bits per heavy atom. The predicted octanol–water partition coefficient (Wildman–Crippen LogP) is 7.01. The molecule has 2 aliphatic rings. The average molecular weight is 549 g/mol. The Kier molecular flexibility index (Phi) is 6.43. The van der Waals surface area contributed by atoms with E-state index in [4.69, 9.17) is 11.6 Å². The molecule has 5 nitrogen and oxygen atoms in total. The smallest absolute Gasteiger partial charge is 0.367 e. The summed E-state index contributed by atoms with van der Waals surface area (Å²) in [6.45, 7) is 2.29. The highest BCUT2D eigenvalue weighted by Crippen LogP contribution is 2.37. The number of aromatic nitrogens is 1. The van der Waals surface area contributed by atoms with Crippen LogP contribution in [0.15, 0.2) is 79.0 Å². The molecule has 4 aromatic rings. The summed E-state index contributed by atoms with van der Waals surface area (Å²) < 4.78 is 41.0. The second kappa shape index (κ2) is 9.93. The van der Waals surface area contributed by atoms with E-state index < -0.39 is 11.7 Å². The highest BCUT2D eigenvalue weighted by atomic mass is 35.5. The molecule has 0 unspecified atom stereocenters. The molecule has 9 heteroatoms. The lowest BCUT2D eigenvalue weighted by molar-refractivity contribution is -0.138. The minimum atomic E-state index is -4.48. The molecule has 2 aliphatic heterocycles. The van der Waals surface area contributed by atoms with Crippen LogP contribution in [-0.2, 0) is 25.8 Å². The van der Waals surface area contributed by atoms with Gasteiger partial charge in [0.25, 0.3) is 5.91 Å². The Morgan fingerprint density at radius 3 is 2.36 bits per heavy atom. The number of nitrogens with zero attached hydrogens (tertiary/aromatic N) is 3. The maximum absolute atomic E-state index is 13.7. The molecular formula is C30H24ClF3N4O. The maximum Gasteiger partial charge on any atom is 0.416 e. The highest BCUT2D eigenvalue weighted by Gasteiger charge is 2.34. The van der Waals surface area contributed by atoms with Gasteiger partial charge in [-0.1, -0.05) is 48.0 Å². The third-order valence-electron chi connectivity index (χ3n) is 7.21. The van der Waals surface area contributed by atoms with Crippen molar-refractivity contribution in [1.82, 2.24) is 9.88 Å². The first-order chi connectivity index (χ1) is 18.8. The van der Waals surface area contributed by atoms with Gasteiger partial charge in [-0.2, -0.15) is 13.2 Å². The summed E-state index contributed by atoms with van der Waals surface area (Å²) in [5.41, 5.74) is 4.72. The molecule has 0 radical (unpaired) electrons. The van der Waals surface area contributed by atoms with Gasteiger partial charge in [0.1, 0.15) is 5.82 Å². The SMILES string of the molecule is O=C(c1ccc(-c2cnc3c(c2)N(Cc2cc(Cl)ccc2C(F)(F)F)CCN3)cc1)N1Cc2ccccc2C1. The quantitative estimate of drug-likeness (QED) is 0.298. The Morgan fingerprint density at radius 1 is 0.949 bits per heavy atom. The number of fused-ring (bicyclic) bond motifs is 2. The molecule has 0 bridgehead atoms. The Hall–Kier alpha value is -4.04. The van der Waals surface area contributed by atoms with Crippen molar-refractivity contribution < 1.29 is 18.0 Å². The van der Waals surface area contributed by atoms with Crippen molar-refractivity contribution >= 4 is 29.0 Å². The predicted molar refractivity (Wildman–Crippen MR) is 146 cm³/mol. The number of hydrogen-bond acceptors (Lipinski definition) is 4. The molecule has 0 fully saturated rings. The van der Waals surface area contributed by atoms with Crippen molar-refractivity contribution in [3.05, 3.63) is 112 Å². The van der Waals surface area contributed by atoms with Gasteiger partial charge in [0.05, 0.1) is 11.3 Å². The molecule has 0 spiro atoms. The van der Waals surface area contributed by atoms with Crippen molar-refractivity contribution in [3.8, 4) is 11.1 Å². The van der Waals surface area contributed by atoms with Gasteiger partial charge in [-0.3, -0.25) is 4.79 Å². The van der Waals surface area contributed by atoms with Gasteiger partial charge in [0, 0.05) is 55.1 Å². The molecule has 39 heavy (non-hydrogen) atoms. The van der Waals surface area contributed by atoms with E-state index in [0.717, 1.165) is 17.2 Å². The minimum Gasteiger partial charge on any atom is -0.367 e. The van der Waals surface area contributed by atoms with Crippen molar-refractivity contribution in [2.75, 3.05) is 23.3 Å². The Labute approximate surface area is 228 Å². The third-order valence-corrected chi connectivity index (χ3v) is 7.44. The number of amides is 1. The van der Waals surface area contributed by atoms with Crippen LogP contribution in [-0.4, -0.2) is 28.9 Å². The van der Waals surface area contributed by atoms with Gasteiger partial charge in [0.2, 0.25) is 0 Å². The molecular weight excluding hydrogens is 525 g/mol. The largest absolute Gasteiger partial charge is 0.416 e. The van der Waals surface area contributed by atoms with E-state index in [2.05, 4.69) is 10.3 Å². The molecule has 1 aromatic heterocycles. The molecule has 0 atom stereocenters. The monoisotopic (exact) mass is 548 g/mol. The molecule has 6 rings (SSSR count). The number of carbonyl (C=O) groups excluding carboxylic acids is 1. The summed E-state index contributed by atoms with van der Waals surface area (Å²) >= 11 is 6.05. The normalized spacial score (nSPS) is 14.6. The van der Waals surface area contributed by atoms with Crippen LogP contribution in [0.4, 0.5) is 24.7 Å². The van der Waals surface area contributed by atoms with E-state index in [-0.39, 0.29) is 23.0 Å². The summed E-state index contributed by atoms with van der Waals surface area (Å²) in [6, 6.07) is 21.0. The minimum absolute atomic E-state index is 0.0290. The molecule has 0 saturated carbocycles. The van der Waals surface area contributed by atoms with Crippen LogP contribution in [0, 0.1) is 0 Å². The first-order valence-electron chi connectivity index (χ1n) is 12.6. The first-order valence-corrected chi connectivity index (χ1v) is 12.9. The first kappa shape index (κ1) is 25.2. The number of halogens is 4. The molecule has 3 heterocycles. The van der Waals surface area contributed by atoms with Gasteiger partial charge in [-0.05, 0) is 58.7 Å². The van der Waals surface area contributed by atoms with E-state index in [9.17, 15) is 18.0 Å². The number of anilines is 2. The van der Waals surface area contributed by atoms with Crippen LogP contribution in [0.3, 0.4) is 0 Å². The van der Waals surface area contributed by atoms with E-state index >= 15 is 0 Å². The fourth-order valence-corrected chi connectivity index (χ4v) is 5.42. The number of benzene rings is 3. The zero-order valence-electron chi connectivity index (χ0n) is 20.8. The van der Waals surface area contributed by atoms with Crippen LogP contribution in [0.1, 0.15) is 32.6 Å². The zero-order valence-corrected chi connectivity index (χ0v) is 21.6. The van der Waals surface area contributed by atoms with E-state index in [1.807, 2.05) is 52.3 Å². The standard InChI is InChI=1S/C30H24ClF3N4O/c31-25-9-10-26(30(32,33)34)24(13-25)18-37-12-11-35-28-27(37)14-23(15-36-28)19-5-7-20(8-6-19)29(39)38-16-21-3-1-2-4-22(21)17-38/h1-10,13-15H,11-12,16-18H2,(H,35,36). The zero-order chi connectivity index (χ0) is 27.1. The van der Waals surface area contributed by atoms with Crippen LogP contribution in [0.2, 0.25) is 5.02 Å². The fourth-order valence-electron chi connectivity index (χ4n) is 5.22. The van der Waals surface area contributed by atoms with Crippen LogP contribution in [0.25, 0.3) is 11.1 Å². The molecule has 0 aliphatic carbocycles. The highest BCUT2D eigenvalue weighted by molar-refractivity contribution is 6.30. The van der Waals surface area contributed by atoms with Crippen LogP contribution < -0.4 is 10.2 Å². The topological polar surface area (TPSA) is 48.5 Å². The number of nitrogens with one attached hydrogen (secondary N) is 1. The number of pyridine rings is 1. The number of rotatable bonds is 4. The third kappa shape index (κ3) is 5.04. The Balaban J connectivity index is 1.24. The lowest BCUT2D eigenvalue weighted by atomic mass is 10.0. The van der Waals surface area contributed by atoms with Gasteiger partial charge in [-0.25, -0.2) is 4.98 Å². The summed E-state index contributed by atoms with van der Waals surface area (Å²) in [4.78, 5) is 21.4. The lowest BCUT2D eigenvalue weighted by Gasteiger charge is -2.32. The van der Waals surface area contributed by atoms with Crippen molar-refractivity contribution in [2.45, 2.75) is 25.8 Å². The van der Waals surface area contributed by atoms with Gasteiger partial charge in [-0.15, -0.1) is 0 Å². The summed E-state index contributed by atoms with van der Waals surface area (Å²) in [6.07, 6.45) is -2.75. The van der Waals surface area contributed by atoms with Gasteiger partial charge >= 0.3 is 6.18 Å². The number of alkyl halides is 3.